The van der Waals surface area contributed by atoms with E-state index in [9.17, 15) is 9.59 Å². The molecule has 0 aromatic rings. The Morgan fingerprint density at radius 2 is 1.88 bits per heavy atom. The summed E-state index contributed by atoms with van der Waals surface area (Å²) < 4.78 is 0. The number of carbonyl (C=O) groups excluding carboxylic acids is 2. The molecular weight excluding hydrogens is 320 g/mol. The molecule has 1 spiro atoms. The minimum atomic E-state index is -0.198. The van der Waals surface area contributed by atoms with Crippen LogP contribution in [0.15, 0.2) is 24.3 Å². The van der Waals surface area contributed by atoms with Gasteiger partial charge in [-0.1, -0.05) is 37.5 Å². The Balaban J connectivity index is 2.11. The lowest BCUT2D eigenvalue weighted by molar-refractivity contribution is -0.139. The minimum absolute atomic E-state index is 0.0995. The predicted octanol–water partition coefficient (Wildman–Crippen LogP) is 6.59. The van der Waals surface area contributed by atoms with Crippen molar-refractivity contribution in [2.45, 2.75) is 97.3 Å². The van der Waals surface area contributed by atoms with Crippen LogP contribution in [0.2, 0.25) is 0 Å². The third kappa shape index (κ3) is 5.93. The third-order valence-electron chi connectivity index (χ3n) is 6.65. The van der Waals surface area contributed by atoms with E-state index in [0.29, 0.717) is 30.3 Å². The van der Waals surface area contributed by atoms with Crippen molar-refractivity contribution in [3.63, 3.8) is 0 Å². The van der Waals surface area contributed by atoms with Crippen LogP contribution in [-0.4, -0.2) is 11.6 Å². The summed E-state index contributed by atoms with van der Waals surface area (Å²) in [7, 11) is 0. The van der Waals surface area contributed by atoms with Crippen LogP contribution in [0.3, 0.4) is 0 Å². The van der Waals surface area contributed by atoms with Gasteiger partial charge in [0, 0.05) is 24.2 Å². The van der Waals surface area contributed by atoms with Gasteiger partial charge in [-0.15, -0.1) is 6.58 Å². The van der Waals surface area contributed by atoms with E-state index in [1.54, 1.807) is 0 Å². The lowest BCUT2D eigenvalue weighted by Gasteiger charge is -2.43. The van der Waals surface area contributed by atoms with Crippen LogP contribution in [-0.2, 0) is 9.59 Å². The quantitative estimate of drug-likeness (QED) is 0.521. The molecule has 0 amide bonds. The van der Waals surface area contributed by atoms with E-state index < -0.39 is 0 Å². The van der Waals surface area contributed by atoms with Crippen LogP contribution in [0.4, 0.5) is 0 Å². The molecule has 26 heavy (non-hydrogen) atoms. The summed E-state index contributed by atoms with van der Waals surface area (Å²) in [5.41, 5.74) is 1.25. The van der Waals surface area contributed by atoms with E-state index in [0.717, 1.165) is 57.8 Å². The average Bonchev–Trinajstić information content (AvgIpc) is 2.56. The SMILES string of the molecule is C=CCC1CC(C)CCC/C(C)=C/CCCC(=O)CCC2(CCC2)C1=O. The molecule has 0 aliphatic heterocycles. The molecule has 2 atom stereocenters. The molecule has 2 nitrogen and oxygen atoms in total. The third-order valence-corrected chi connectivity index (χ3v) is 6.65. The van der Waals surface area contributed by atoms with E-state index in [4.69, 9.17) is 0 Å². The van der Waals surface area contributed by atoms with Crippen molar-refractivity contribution >= 4 is 11.6 Å². The number of Topliss-reactive ketones (excluding diaryl/α,β-unsaturated/α-hetero) is 2. The van der Waals surface area contributed by atoms with Crippen molar-refractivity contribution < 1.29 is 9.59 Å². The highest BCUT2D eigenvalue weighted by molar-refractivity contribution is 5.89. The van der Waals surface area contributed by atoms with Crippen LogP contribution in [0.5, 0.6) is 0 Å². The minimum Gasteiger partial charge on any atom is -0.300 e. The summed E-state index contributed by atoms with van der Waals surface area (Å²) in [4.78, 5) is 25.7. The second-order valence-corrected chi connectivity index (χ2v) is 8.93. The Kier molecular flexibility index (Phi) is 8.31. The molecule has 0 saturated heterocycles. The molecule has 0 bridgehead atoms. The molecule has 2 aliphatic carbocycles. The molecule has 2 unspecified atom stereocenters. The smallest absolute Gasteiger partial charge is 0.142 e. The average molecular weight is 359 g/mol. The van der Waals surface area contributed by atoms with Gasteiger partial charge in [0.15, 0.2) is 0 Å². The zero-order valence-electron chi connectivity index (χ0n) is 17.0. The van der Waals surface area contributed by atoms with E-state index in [1.165, 1.54) is 18.4 Å². The van der Waals surface area contributed by atoms with Gasteiger partial charge in [0.1, 0.15) is 11.6 Å². The second-order valence-electron chi connectivity index (χ2n) is 8.93. The second kappa shape index (κ2) is 10.2. The maximum absolute atomic E-state index is 13.4. The van der Waals surface area contributed by atoms with Gasteiger partial charge in [0.25, 0.3) is 0 Å². The molecule has 2 aliphatic rings. The van der Waals surface area contributed by atoms with Gasteiger partial charge in [0.2, 0.25) is 0 Å². The fourth-order valence-corrected chi connectivity index (χ4v) is 4.75. The Morgan fingerprint density at radius 3 is 2.54 bits per heavy atom. The summed E-state index contributed by atoms with van der Waals surface area (Å²) in [6, 6.07) is 0. The van der Waals surface area contributed by atoms with Crippen LogP contribution in [0.25, 0.3) is 0 Å². The highest BCUT2D eigenvalue weighted by Gasteiger charge is 2.45. The summed E-state index contributed by atoms with van der Waals surface area (Å²) in [6.07, 6.45) is 16.6. The molecule has 2 heteroatoms. The Morgan fingerprint density at radius 1 is 1.12 bits per heavy atom. The van der Waals surface area contributed by atoms with Crippen LogP contribution < -0.4 is 0 Å². The number of carbonyl (C=O) groups is 2. The number of ketones is 2. The highest BCUT2D eigenvalue weighted by atomic mass is 16.1. The van der Waals surface area contributed by atoms with Crippen molar-refractivity contribution in [3.05, 3.63) is 24.3 Å². The van der Waals surface area contributed by atoms with Crippen molar-refractivity contribution in [2.75, 3.05) is 0 Å². The molecule has 0 radical (unpaired) electrons. The zero-order valence-corrected chi connectivity index (χ0v) is 17.0. The van der Waals surface area contributed by atoms with Gasteiger partial charge in [-0.2, -0.15) is 0 Å². The normalized spacial score (nSPS) is 31.1. The number of hydrogen-bond acceptors (Lipinski definition) is 2. The van der Waals surface area contributed by atoms with E-state index in [1.807, 2.05) is 6.08 Å². The summed E-state index contributed by atoms with van der Waals surface area (Å²) >= 11 is 0. The van der Waals surface area contributed by atoms with Gasteiger partial charge in [-0.25, -0.2) is 0 Å². The van der Waals surface area contributed by atoms with E-state index in [-0.39, 0.29) is 11.3 Å². The van der Waals surface area contributed by atoms with Gasteiger partial charge in [-0.3, -0.25) is 9.59 Å². The molecule has 0 aromatic carbocycles. The summed E-state index contributed by atoms with van der Waals surface area (Å²) in [6.45, 7) is 8.40. The van der Waals surface area contributed by atoms with Gasteiger partial charge in [-0.05, 0) is 70.6 Å². The maximum Gasteiger partial charge on any atom is 0.142 e. The zero-order chi connectivity index (χ0) is 19.0. The lowest BCUT2D eigenvalue weighted by Crippen LogP contribution is -2.42. The molecule has 0 aromatic heterocycles. The monoisotopic (exact) mass is 358 g/mol. The van der Waals surface area contributed by atoms with Crippen molar-refractivity contribution in [1.82, 2.24) is 0 Å². The standard InChI is InChI=1S/C24H38O2/c1-4-9-21-18-20(3)12-7-11-19(2)10-5-6-13-22(25)14-17-24(23(21)26)15-8-16-24/h4,10,20-21H,1,5-9,11-18H2,2-3H3/b19-10+. The Bertz CT molecular complexity index is 524. The summed E-state index contributed by atoms with van der Waals surface area (Å²) in [5.74, 6) is 1.45. The predicted molar refractivity (Wildman–Crippen MR) is 109 cm³/mol. The first kappa shape index (κ1) is 21.1. The first-order valence-electron chi connectivity index (χ1n) is 10.8. The van der Waals surface area contributed by atoms with Crippen LogP contribution in [0.1, 0.15) is 97.3 Å². The molecule has 1 saturated carbocycles. The molecule has 2 rings (SSSR count). The Hall–Kier alpha value is -1.18. The molecule has 0 heterocycles. The topological polar surface area (TPSA) is 34.1 Å². The molecule has 1 fully saturated rings. The molecular formula is C24H38O2. The molecule has 146 valence electrons. The molecule has 0 N–H and O–H groups in total. The summed E-state index contributed by atoms with van der Waals surface area (Å²) in [5, 5.41) is 0. The van der Waals surface area contributed by atoms with Gasteiger partial charge < -0.3 is 0 Å². The van der Waals surface area contributed by atoms with Crippen LogP contribution >= 0.6 is 0 Å². The maximum atomic E-state index is 13.4. The number of hydrogen-bond donors (Lipinski definition) is 0. The first-order valence-corrected chi connectivity index (χ1v) is 10.8. The number of allylic oxidation sites excluding steroid dienone is 3. The van der Waals surface area contributed by atoms with Crippen molar-refractivity contribution in [3.8, 4) is 0 Å². The lowest BCUT2D eigenvalue weighted by atomic mass is 9.59. The Labute approximate surface area is 160 Å². The van der Waals surface area contributed by atoms with E-state index in [2.05, 4.69) is 26.5 Å². The number of rotatable bonds is 2. The van der Waals surface area contributed by atoms with Gasteiger partial charge >= 0.3 is 0 Å². The fraction of sp³-hybridized carbons (Fsp3) is 0.750. The largest absolute Gasteiger partial charge is 0.300 e. The van der Waals surface area contributed by atoms with Gasteiger partial charge in [0.05, 0.1) is 0 Å². The van der Waals surface area contributed by atoms with E-state index >= 15 is 0 Å². The van der Waals surface area contributed by atoms with Crippen molar-refractivity contribution in [1.29, 1.82) is 0 Å². The fourth-order valence-electron chi connectivity index (χ4n) is 4.75. The van der Waals surface area contributed by atoms with Crippen molar-refractivity contribution in [2.24, 2.45) is 17.3 Å². The van der Waals surface area contributed by atoms with Crippen LogP contribution in [0, 0.1) is 17.3 Å². The highest BCUT2D eigenvalue weighted by Crippen LogP contribution is 2.48. The first-order chi connectivity index (χ1) is 12.5.